The number of nitrogens with one attached hydrogen (secondary N) is 2. The van der Waals surface area contributed by atoms with E-state index in [9.17, 15) is 13.6 Å². The molecule has 0 aliphatic rings. The van der Waals surface area contributed by atoms with Crippen LogP contribution < -0.4 is 15.1 Å². The molecular weight excluding hydrogens is 627 g/mol. The van der Waals surface area contributed by atoms with Gasteiger partial charge in [-0.25, -0.2) is 18.6 Å². The van der Waals surface area contributed by atoms with Gasteiger partial charge in [-0.05, 0) is 55.7 Å². The van der Waals surface area contributed by atoms with Crippen LogP contribution in [0.25, 0.3) is 22.5 Å². The van der Waals surface area contributed by atoms with E-state index in [1.165, 1.54) is 12.5 Å². The Morgan fingerprint density at radius 2 is 1.35 bits per heavy atom. The molecule has 0 aliphatic heterocycles. The van der Waals surface area contributed by atoms with Crippen molar-refractivity contribution in [2.75, 3.05) is 62.1 Å². The number of halogens is 2. The van der Waals surface area contributed by atoms with Gasteiger partial charge in [0, 0.05) is 75.6 Å². The molecule has 3 aromatic carbocycles. The minimum atomic E-state index is -0.774. The Bertz CT molecular complexity index is 1500. The monoisotopic (exact) mass is 676 g/mol. The minimum absolute atomic E-state index is 0.00625. The fourth-order valence-electron chi connectivity index (χ4n) is 5.44. The first kappa shape index (κ1) is 36.8. The molecule has 2 N–H and O–H groups in total. The lowest BCUT2D eigenvalue weighted by Crippen LogP contribution is -2.36. The molecule has 0 saturated heterocycles. The average molecular weight is 677 g/mol. The van der Waals surface area contributed by atoms with Gasteiger partial charge in [0.05, 0.1) is 17.1 Å². The highest BCUT2D eigenvalue weighted by Gasteiger charge is 2.17. The van der Waals surface area contributed by atoms with Gasteiger partial charge < -0.3 is 25.0 Å². The van der Waals surface area contributed by atoms with Gasteiger partial charge in [0.1, 0.15) is 11.6 Å². The molecule has 48 heavy (non-hydrogen) atoms. The summed E-state index contributed by atoms with van der Waals surface area (Å²) in [5, 5.41) is 3.52. The highest BCUT2D eigenvalue weighted by Crippen LogP contribution is 2.34. The van der Waals surface area contributed by atoms with Gasteiger partial charge >= 0.3 is 6.03 Å². The number of benzene rings is 3. The van der Waals surface area contributed by atoms with Crippen molar-refractivity contribution in [3.05, 3.63) is 78.4 Å². The molecule has 0 saturated carbocycles. The Hall–Kier alpha value is -4.05. The van der Waals surface area contributed by atoms with Crippen LogP contribution in [0.3, 0.4) is 0 Å². The molecule has 4 aromatic rings. The van der Waals surface area contributed by atoms with E-state index in [0.29, 0.717) is 13.1 Å². The summed E-state index contributed by atoms with van der Waals surface area (Å²) in [6.07, 6.45) is 8.14. The van der Waals surface area contributed by atoms with E-state index in [1.54, 1.807) is 16.7 Å². The van der Waals surface area contributed by atoms with Crippen molar-refractivity contribution < 1.29 is 13.6 Å². The largest absolute Gasteiger partial charge is 0.378 e. The van der Waals surface area contributed by atoms with Crippen LogP contribution in [0.4, 0.5) is 30.6 Å². The molecule has 7 nitrogen and oxygen atoms in total. The predicted octanol–water partition coefficient (Wildman–Crippen LogP) is 9.92. The van der Waals surface area contributed by atoms with E-state index in [-0.39, 0.29) is 11.7 Å². The van der Waals surface area contributed by atoms with E-state index in [2.05, 4.69) is 75.6 Å². The van der Waals surface area contributed by atoms with Gasteiger partial charge in [0.15, 0.2) is 5.16 Å². The number of thioether (sulfide) groups is 1. The fourth-order valence-corrected chi connectivity index (χ4v) is 6.31. The van der Waals surface area contributed by atoms with Crippen molar-refractivity contribution in [3.8, 4) is 22.5 Å². The second-order valence-electron chi connectivity index (χ2n) is 12.5. The number of carbonyl (C=O) groups excluding carboxylic acids is 1. The smallest absolute Gasteiger partial charge is 0.321 e. The van der Waals surface area contributed by atoms with Crippen molar-refractivity contribution in [2.45, 2.75) is 63.4 Å². The number of rotatable bonds is 18. The zero-order chi connectivity index (χ0) is 34.5. The van der Waals surface area contributed by atoms with Crippen LogP contribution in [0.2, 0.25) is 0 Å². The number of amides is 2. The van der Waals surface area contributed by atoms with Crippen LogP contribution in [0.1, 0.15) is 58.3 Å². The first-order valence-electron chi connectivity index (χ1n) is 17.0. The van der Waals surface area contributed by atoms with E-state index in [1.807, 2.05) is 28.2 Å². The Balaban J connectivity index is 1.36. The summed E-state index contributed by atoms with van der Waals surface area (Å²) in [4.78, 5) is 27.6. The maximum absolute atomic E-state index is 14.2. The summed E-state index contributed by atoms with van der Waals surface area (Å²) in [7, 11) is 8.14. The normalized spacial score (nSPS) is 11.1. The lowest BCUT2D eigenvalue weighted by Gasteiger charge is -2.23. The molecular formula is C38H50F2N6OS. The van der Waals surface area contributed by atoms with E-state index in [0.717, 1.165) is 102 Å². The number of aromatic nitrogens is 2. The molecule has 0 bridgehead atoms. The SMILES string of the molecule is CCCCCCCN(CCCCCSc1nc(-c2ccc(N(C)C)cc2)c(-c2ccc(N(C)C)cc2)[nH]1)C(=O)Nc1ccc(F)cc1F. The van der Waals surface area contributed by atoms with Crippen molar-refractivity contribution >= 4 is 34.9 Å². The first-order valence-corrected chi connectivity index (χ1v) is 17.9. The summed E-state index contributed by atoms with van der Waals surface area (Å²) in [6.45, 7) is 3.36. The summed E-state index contributed by atoms with van der Waals surface area (Å²) < 4.78 is 27.6. The summed E-state index contributed by atoms with van der Waals surface area (Å²) in [6, 6.07) is 19.8. The van der Waals surface area contributed by atoms with Crippen molar-refractivity contribution in [1.29, 1.82) is 0 Å². The topological polar surface area (TPSA) is 67.5 Å². The summed E-state index contributed by atoms with van der Waals surface area (Å²) in [5.41, 5.74) is 6.34. The first-order chi connectivity index (χ1) is 23.2. The van der Waals surface area contributed by atoms with Crippen LogP contribution in [-0.4, -0.2) is 67.9 Å². The Labute approximate surface area is 289 Å². The number of anilines is 3. The van der Waals surface area contributed by atoms with Crippen LogP contribution in [0.5, 0.6) is 0 Å². The van der Waals surface area contributed by atoms with Crippen LogP contribution >= 0.6 is 11.8 Å². The Morgan fingerprint density at radius 3 is 1.94 bits per heavy atom. The number of hydrogen-bond donors (Lipinski definition) is 2. The molecule has 0 radical (unpaired) electrons. The minimum Gasteiger partial charge on any atom is -0.378 e. The van der Waals surface area contributed by atoms with E-state index < -0.39 is 11.6 Å². The number of carbonyl (C=O) groups is 1. The van der Waals surface area contributed by atoms with Gasteiger partial charge in [0.2, 0.25) is 0 Å². The van der Waals surface area contributed by atoms with E-state index in [4.69, 9.17) is 4.98 Å². The number of hydrogen-bond acceptors (Lipinski definition) is 5. The number of nitrogens with zero attached hydrogens (tertiary/aromatic N) is 4. The molecule has 0 unspecified atom stereocenters. The molecule has 0 spiro atoms. The fraction of sp³-hybridized carbons (Fsp3) is 0.421. The van der Waals surface area contributed by atoms with Crippen LogP contribution in [-0.2, 0) is 0 Å². The quantitative estimate of drug-likeness (QED) is 0.0811. The van der Waals surface area contributed by atoms with E-state index >= 15 is 0 Å². The van der Waals surface area contributed by atoms with Crippen molar-refractivity contribution in [2.24, 2.45) is 0 Å². The van der Waals surface area contributed by atoms with Crippen molar-refractivity contribution in [3.63, 3.8) is 0 Å². The third-order valence-electron chi connectivity index (χ3n) is 8.31. The van der Waals surface area contributed by atoms with Gasteiger partial charge in [-0.2, -0.15) is 0 Å². The van der Waals surface area contributed by atoms with Crippen LogP contribution in [0.15, 0.2) is 71.9 Å². The molecule has 1 heterocycles. The number of H-pyrrole nitrogens is 1. The molecule has 0 fully saturated rings. The second-order valence-corrected chi connectivity index (χ2v) is 13.6. The van der Waals surface area contributed by atoms with Gasteiger partial charge in [-0.3, -0.25) is 0 Å². The van der Waals surface area contributed by atoms with Gasteiger partial charge in [-0.15, -0.1) is 0 Å². The standard InChI is InChI=1S/C38H50F2N6OS/c1-6-7-8-9-11-24-46(38(47)41-34-23-18-30(39)27-33(34)40)25-12-10-13-26-48-37-42-35(28-14-19-31(20-15-28)44(2)3)36(43-37)29-16-21-32(22-17-29)45(4)5/h14-23,27H,6-13,24-26H2,1-5H3,(H,41,47)(H,42,43). The molecule has 4 rings (SSSR count). The third kappa shape index (κ3) is 10.7. The molecule has 10 heteroatoms. The number of imidazole rings is 1. The Kier molecular flexibility index (Phi) is 14.2. The summed E-state index contributed by atoms with van der Waals surface area (Å²) >= 11 is 1.70. The highest BCUT2D eigenvalue weighted by atomic mass is 32.2. The maximum Gasteiger partial charge on any atom is 0.321 e. The molecule has 258 valence electrons. The van der Waals surface area contributed by atoms with Gasteiger partial charge in [-0.1, -0.05) is 75.1 Å². The van der Waals surface area contributed by atoms with Crippen LogP contribution in [0, 0.1) is 11.6 Å². The van der Waals surface area contributed by atoms with Gasteiger partial charge in [0.25, 0.3) is 0 Å². The number of aromatic amines is 1. The number of urea groups is 1. The lowest BCUT2D eigenvalue weighted by atomic mass is 10.0. The van der Waals surface area contributed by atoms with Crippen molar-refractivity contribution in [1.82, 2.24) is 14.9 Å². The number of unbranched alkanes of at least 4 members (excludes halogenated alkanes) is 6. The second kappa shape index (κ2) is 18.5. The molecule has 0 aliphatic carbocycles. The molecule has 0 atom stereocenters. The average Bonchev–Trinajstić information content (AvgIpc) is 3.50. The predicted molar refractivity (Wildman–Crippen MR) is 198 cm³/mol. The highest BCUT2D eigenvalue weighted by molar-refractivity contribution is 7.99. The lowest BCUT2D eigenvalue weighted by molar-refractivity contribution is 0.209. The molecule has 1 aromatic heterocycles. The molecule has 2 amide bonds. The summed E-state index contributed by atoms with van der Waals surface area (Å²) in [5.74, 6) is -0.561. The third-order valence-corrected chi connectivity index (χ3v) is 9.27. The maximum atomic E-state index is 14.2. The zero-order valence-corrected chi connectivity index (χ0v) is 29.8. The Morgan fingerprint density at radius 1 is 0.771 bits per heavy atom. The zero-order valence-electron chi connectivity index (χ0n) is 29.0.